The van der Waals surface area contributed by atoms with Gasteiger partial charge in [0, 0.05) is 11.4 Å². The van der Waals surface area contributed by atoms with Gasteiger partial charge in [0.2, 0.25) is 0 Å². The van der Waals surface area contributed by atoms with Gasteiger partial charge in [-0.25, -0.2) is 0 Å². The van der Waals surface area contributed by atoms with Gasteiger partial charge in [-0.3, -0.25) is 0 Å². The normalized spacial score (nSPS) is 10.4. The first-order chi connectivity index (χ1) is 6.86. The van der Waals surface area contributed by atoms with E-state index in [2.05, 4.69) is 35.8 Å². The second kappa shape index (κ2) is 6.87. The van der Waals surface area contributed by atoms with Crippen LogP contribution in [0, 0.1) is 0 Å². The Balaban J connectivity index is 2.29. The maximum atomic E-state index is 5.40. The molecule has 0 aliphatic carbocycles. The smallest absolute Gasteiger partial charge is 0.0205 e. The van der Waals surface area contributed by atoms with Crippen molar-refractivity contribution in [2.24, 2.45) is 5.73 Å². The molecule has 0 heterocycles. The average molecular weight is 210 g/mol. The molecule has 0 aliphatic heterocycles. The van der Waals surface area contributed by atoms with Crippen LogP contribution >= 0.6 is 11.8 Å². The predicted octanol–water partition coefficient (Wildman–Crippen LogP) is 1.85. The van der Waals surface area contributed by atoms with E-state index in [0.29, 0.717) is 0 Å². The van der Waals surface area contributed by atoms with E-state index in [-0.39, 0.29) is 0 Å². The Morgan fingerprint density at radius 2 is 2.00 bits per heavy atom. The van der Waals surface area contributed by atoms with Crippen LogP contribution in [0.15, 0.2) is 29.2 Å². The maximum absolute atomic E-state index is 5.40. The van der Waals surface area contributed by atoms with Gasteiger partial charge in [0.05, 0.1) is 0 Å². The SMILES string of the molecule is CSc1ccc(CNCCCN)cc1. The molecule has 78 valence electrons. The Hall–Kier alpha value is -0.510. The minimum absolute atomic E-state index is 0.762. The van der Waals surface area contributed by atoms with Crippen LogP contribution in [0.1, 0.15) is 12.0 Å². The number of hydrogen-bond acceptors (Lipinski definition) is 3. The molecule has 1 aromatic carbocycles. The Kier molecular flexibility index (Phi) is 5.68. The lowest BCUT2D eigenvalue weighted by molar-refractivity contribution is 0.655. The van der Waals surface area contributed by atoms with Gasteiger partial charge < -0.3 is 11.1 Å². The van der Waals surface area contributed by atoms with E-state index in [0.717, 1.165) is 26.1 Å². The van der Waals surface area contributed by atoms with E-state index in [1.165, 1.54) is 10.5 Å². The van der Waals surface area contributed by atoms with Gasteiger partial charge in [0.15, 0.2) is 0 Å². The third kappa shape index (κ3) is 4.13. The summed E-state index contributed by atoms with van der Waals surface area (Å²) in [5, 5.41) is 3.35. The van der Waals surface area contributed by atoms with Crippen molar-refractivity contribution in [2.45, 2.75) is 17.9 Å². The number of benzene rings is 1. The first-order valence-corrected chi connectivity index (χ1v) is 6.13. The van der Waals surface area contributed by atoms with E-state index >= 15 is 0 Å². The summed E-state index contributed by atoms with van der Waals surface area (Å²) in [5.41, 5.74) is 6.74. The molecule has 3 heteroatoms. The lowest BCUT2D eigenvalue weighted by Gasteiger charge is -2.04. The van der Waals surface area contributed by atoms with Gasteiger partial charge in [-0.1, -0.05) is 12.1 Å². The molecule has 0 amide bonds. The van der Waals surface area contributed by atoms with E-state index in [4.69, 9.17) is 5.73 Å². The van der Waals surface area contributed by atoms with Gasteiger partial charge in [-0.05, 0) is 43.5 Å². The van der Waals surface area contributed by atoms with Crippen molar-refractivity contribution in [2.75, 3.05) is 19.3 Å². The first kappa shape index (κ1) is 11.6. The van der Waals surface area contributed by atoms with Crippen LogP contribution in [0.5, 0.6) is 0 Å². The summed E-state index contributed by atoms with van der Waals surface area (Å²) in [5.74, 6) is 0. The van der Waals surface area contributed by atoms with Crippen LogP contribution in [0.3, 0.4) is 0 Å². The van der Waals surface area contributed by atoms with Crippen LogP contribution < -0.4 is 11.1 Å². The average Bonchev–Trinajstić information content (AvgIpc) is 2.25. The lowest BCUT2D eigenvalue weighted by Crippen LogP contribution is -2.17. The second-order valence-corrected chi connectivity index (χ2v) is 4.05. The second-order valence-electron chi connectivity index (χ2n) is 3.17. The van der Waals surface area contributed by atoms with Crippen molar-refractivity contribution in [3.05, 3.63) is 29.8 Å². The highest BCUT2D eigenvalue weighted by Gasteiger charge is 1.92. The molecule has 14 heavy (non-hydrogen) atoms. The Morgan fingerprint density at radius 3 is 2.57 bits per heavy atom. The maximum Gasteiger partial charge on any atom is 0.0205 e. The fourth-order valence-electron chi connectivity index (χ4n) is 1.20. The standard InChI is InChI=1S/C11H18N2S/c1-14-11-5-3-10(4-6-11)9-13-8-2-7-12/h3-6,13H,2,7-9,12H2,1H3. The molecule has 2 nitrogen and oxygen atoms in total. The number of nitrogens with two attached hydrogens (primary N) is 1. The van der Waals surface area contributed by atoms with E-state index in [9.17, 15) is 0 Å². The van der Waals surface area contributed by atoms with E-state index < -0.39 is 0 Å². The summed E-state index contributed by atoms with van der Waals surface area (Å²) in [4.78, 5) is 1.32. The molecule has 0 unspecified atom stereocenters. The number of nitrogens with one attached hydrogen (secondary N) is 1. The van der Waals surface area contributed by atoms with E-state index in [1.54, 1.807) is 11.8 Å². The van der Waals surface area contributed by atoms with Crippen molar-refractivity contribution in [1.82, 2.24) is 5.32 Å². The molecule has 0 aromatic heterocycles. The third-order valence-corrected chi connectivity index (χ3v) is 2.79. The van der Waals surface area contributed by atoms with Crippen molar-refractivity contribution in [3.63, 3.8) is 0 Å². The summed E-state index contributed by atoms with van der Waals surface area (Å²) in [6, 6.07) is 8.65. The number of hydrogen-bond donors (Lipinski definition) is 2. The molecule has 0 saturated heterocycles. The van der Waals surface area contributed by atoms with Crippen LogP contribution in [0.25, 0.3) is 0 Å². The quantitative estimate of drug-likeness (QED) is 0.556. The zero-order valence-corrected chi connectivity index (χ0v) is 9.44. The van der Waals surface area contributed by atoms with Crippen LogP contribution in [-0.2, 0) is 6.54 Å². The zero-order chi connectivity index (χ0) is 10.2. The monoisotopic (exact) mass is 210 g/mol. The largest absolute Gasteiger partial charge is 0.330 e. The van der Waals surface area contributed by atoms with Crippen molar-refractivity contribution in [3.8, 4) is 0 Å². The highest BCUT2D eigenvalue weighted by atomic mass is 32.2. The third-order valence-electron chi connectivity index (χ3n) is 2.05. The van der Waals surface area contributed by atoms with Gasteiger partial charge in [0.25, 0.3) is 0 Å². The topological polar surface area (TPSA) is 38.0 Å². The van der Waals surface area contributed by atoms with E-state index in [1.807, 2.05) is 0 Å². The van der Waals surface area contributed by atoms with Crippen molar-refractivity contribution >= 4 is 11.8 Å². The highest BCUT2D eigenvalue weighted by molar-refractivity contribution is 7.98. The summed E-state index contributed by atoms with van der Waals surface area (Å²) in [6.07, 6.45) is 3.14. The first-order valence-electron chi connectivity index (χ1n) is 4.90. The van der Waals surface area contributed by atoms with Gasteiger partial charge in [-0.2, -0.15) is 0 Å². The van der Waals surface area contributed by atoms with Crippen LogP contribution in [0.4, 0.5) is 0 Å². The van der Waals surface area contributed by atoms with Crippen LogP contribution in [-0.4, -0.2) is 19.3 Å². The molecule has 1 aromatic rings. The van der Waals surface area contributed by atoms with Gasteiger partial charge in [0.1, 0.15) is 0 Å². The minimum atomic E-state index is 0.762. The van der Waals surface area contributed by atoms with Crippen LogP contribution in [0.2, 0.25) is 0 Å². The molecule has 0 aliphatic rings. The molecule has 0 saturated carbocycles. The summed E-state index contributed by atoms with van der Waals surface area (Å²) in [7, 11) is 0. The molecular weight excluding hydrogens is 192 g/mol. The molecule has 0 fully saturated rings. The number of thioether (sulfide) groups is 1. The summed E-state index contributed by atoms with van der Waals surface area (Å²) >= 11 is 1.77. The zero-order valence-electron chi connectivity index (χ0n) is 8.62. The summed E-state index contributed by atoms with van der Waals surface area (Å²) < 4.78 is 0. The molecule has 0 radical (unpaired) electrons. The molecule has 0 bridgehead atoms. The van der Waals surface area contributed by atoms with Crippen molar-refractivity contribution < 1.29 is 0 Å². The molecular formula is C11H18N2S. The Labute approximate surface area is 90.3 Å². The number of rotatable bonds is 6. The Morgan fingerprint density at radius 1 is 1.29 bits per heavy atom. The molecule has 0 spiro atoms. The molecule has 3 N–H and O–H groups in total. The van der Waals surface area contributed by atoms with Gasteiger partial charge >= 0.3 is 0 Å². The molecule has 1 rings (SSSR count). The molecule has 0 atom stereocenters. The Bertz CT molecular complexity index is 246. The van der Waals surface area contributed by atoms with Gasteiger partial charge in [-0.15, -0.1) is 11.8 Å². The fraction of sp³-hybridized carbons (Fsp3) is 0.455. The predicted molar refractivity (Wildman–Crippen MR) is 63.6 cm³/mol. The fourth-order valence-corrected chi connectivity index (χ4v) is 1.61. The minimum Gasteiger partial charge on any atom is -0.330 e. The highest BCUT2D eigenvalue weighted by Crippen LogP contribution is 2.14. The van der Waals surface area contributed by atoms with Crippen molar-refractivity contribution in [1.29, 1.82) is 0 Å². The lowest BCUT2D eigenvalue weighted by atomic mass is 10.2. The summed E-state index contributed by atoms with van der Waals surface area (Å²) in [6.45, 7) is 2.70.